The van der Waals surface area contributed by atoms with Gasteiger partial charge in [0.25, 0.3) is 0 Å². The second-order valence-corrected chi connectivity index (χ2v) is 5.32. The lowest BCUT2D eigenvalue weighted by Gasteiger charge is -2.32. The predicted molar refractivity (Wildman–Crippen MR) is 76.9 cm³/mol. The molecule has 1 N–H and O–H groups in total. The molecule has 0 bridgehead atoms. The molecule has 2 heterocycles. The van der Waals surface area contributed by atoms with Gasteiger partial charge in [-0.1, -0.05) is 17.3 Å². The summed E-state index contributed by atoms with van der Waals surface area (Å²) in [7, 11) is 3.74. The monoisotopic (exact) mass is 338 g/mol. The van der Waals surface area contributed by atoms with Crippen molar-refractivity contribution < 1.29 is 9.47 Å². The minimum atomic E-state index is -0.150. The summed E-state index contributed by atoms with van der Waals surface area (Å²) >= 11 is 3.43. The van der Waals surface area contributed by atoms with Crippen LogP contribution in [-0.4, -0.2) is 34.8 Å². The van der Waals surface area contributed by atoms with Gasteiger partial charge in [0.05, 0.1) is 11.7 Å². The van der Waals surface area contributed by atoms with Crippen molar-refractivity contribution in [2.24, 2.45) is 7.05 Å². The van der Waals surface area contributed by atoms with Gasteiger partial charge in [-0.05, 0) is 35.1 Å². The highest BCUT2D eigenvalue weighted by Crippen LogP contribution is 2.35. The summed E-state index contributed by atoms with van der Waals surface area (Å²) in [4.78, 5) is 0. The average molecular weight is 339 g/mol. The minimum Gasteiger partial charge on any atom is -0.486 e. The molecule has 2 unspecified atom stereocenters. The molecule has 0 saturated heterocycles. The molecule has 2 aromatic rings. The maximum Gasteiger partial charge on any atom is 0.161 e. The molecule has 2 atom stereocenters. The lowest BCUT2D eigenvalue weighted by Crippen LogP contribution is -2.41. The Morgan fingerprint density at radius 1 is 1.40 bits per heavy atom. The SMILES string of the molecule is CNC(c1c(Br)nnn1C)C1COc2ccccc2O1. The molecule has 1 aliphatic heterocycles. The lowest BCUT2D eigenvalue weighted by molar-refractivity contribution is 0.0615. The Morgan fingerprint density at radius 3 is 2.80 bits per heavy atom. The van der Waals surface area contributed by atoms with Crippen molar-refractivity contribution in [2.75, 3.05) is 13.7 Å². The van der Waals surface area contributed by atoms with E-state index in [1.165, 1.54) is 0 Å². The van der Waals surface area contributed by atoms with Crippen LogP contribution in [0.1, 0.15) is 11.7 Å². The maximum atomic E-state index is 6.04. The first kappa shape index (κ1) is 13.4. The largest absolute Gasteiger partial charge is 0.486 e. The third-order valence-electron chi connectivity index (χ3n) is 3.33. The summed E-state index contributed by atoms with van der Waals surface area (Å²) in [5.74, 6) is 1.54. The Kier molecular flexibility index (Phi) is 3.62. The van der Waals surface area contributed by atoms with Crippen molar-refractivity contribution in [2.45, 2.75) is 12.1 Å². The summed E-state index contributed by atoms with van der Waals surface area (Å²) < 4.78 is 14.2. The molecule has 3 rings (SSSR count). The van der Waals surface area contributed by atoms with Crippen LogP contribution in [0.4, 0.5) is 0 Å². The quantitative estimate of drug-likeness (QED) is 0.922. The van der Waals surface area contributed by atoms with E-state index in [1.807, 2.05) is 38.4 Å². The van der Waals surface area contributed by atoms with E-state index in [1.54, 1.807) is 4.68 Å². The molecule has 20 heavy (non-hydrogen) atoms. The second-order valence-electron chi connectivity index (χ2n) is 4.57. The third kappa shape index (κ3) is 2.27. The number of aryl methyl sites for hydroxylation is 1. The highest BCUT2D eigenvalue weighted by atomic mass is 79.9. The number of benzene rings is 1. The first-order valence-electron chi connectivity index (χ1n) is 6.31. The molecule has 0 aliphatic carbocycles. The Morgan fingerprint density at radius 2 is 2.15 bits per heavy atom. The van der Waals surface area contributed by atoms with Crippen LogP contribution in [0.15, 0.2) is 28.9 Å². The molecule has 6 nitrogen and oxygen atoms in total. The summed E-state index contributed by atoms with van der Waals surface area (Å²) in [6.07, 6.45) is -0.150. The van der Waals surface area contributed by atoms with Crippen molar-refractivity contribution >= 4 is 15.9 Å². The van der Waals surface area contributed by atoms with Crippen molar-refractivity contribution in [1.29, 1.82) is 0 Å². The van der Waals surface area contributed by atoms with E-state index in [0.717, 1.165) is 17.2 Å². The number of hydrogen-bond donors (Lipinski definition) is 1. The Balaban J connectivity index is 1.89. The molecule has 0 spiro atoms. The van der Waals surface area contributed by atoms with Crippen LogP contribution in [0.5, 0.6) is 11.5 Å². The molecule has 7 heteroatoms. The number of likely N-dealkylation sites (N-methyl/N-ethyl adjacent to an activating group) is 1. The average Bonchev–Trinajstić information content (AvgIpc) is 2.80. The topological polar surface area (TPSA) is 61.2 Å². The zero-order valence-corrected chi connectivity index (χ0v) is 12.8. The molecule has 0 saturated carbocycles. The van der Waals surface area contributed by atoms with Crippen molar-refractivity contribution in [1.82, 2.24) is 20.3 Å². The summed E-state index contributed by atoms with van der Waals surface area (Å²) in [6, 6.07) is 7.60. The van der Waals surface area contributed by atoms with Crippen LogP contribution in [0.25, 0.3) is 0 Å². The van der Waals surface area contributed by atoms with Gasteiger partial charge in [0.15, 0.2) is 22.2 Å². The summed E-state index contributed by atoms with van der Waals surface area (Å²) in [6.45, 7) is 0.472. The van der Waals surface area contributed by atoms with Gasteiger partial charge in [-0.15, -0.1) is 5.10 Å². The summed E-state index contributed by atoms with van der Waals surface area (Å²) in [5, 5.41) is 11.3. The van der Waals surface area contributed by atoms with Gasteiger partial charge >= 0.3 is 0 Å². The van der Waals surface area contributed by atoms with Crippen molar-refractivity contribution in [3.05, 3.63) is 34.6 Å². The molecule has 1 aromatic carbocycles. The van der Waals surface area contributed by atoms with Crippen LogP contribution in [0, 0.1) is 0 Å². The van der Waals surface area contributed by atoms with E-state index in [4.69, 9.17) is 9.47 Å². The van der Waals surface area contributed by atoms with E-state index in [9.17, 15) is 0 Å². The molecule has 1 aliphatic rings. The fourth-order valence-electron chi connectivity index (χ4n) is 2.37. The van der Waals surface area contributed by atoms with Gasteiger partial charge in [0.2, 0.25) is 0 Å². The van der Waals surface area contributed by atoms with Crippen LogP contribution in [-0.2, 0) is 7.05 Å². The first-order valence-corrected chi connectivity index (χ1v) is 7.11. The maximum absolute atomic E-state index is 6.04. The highest BCUT2D eigenvalue weighted by molar-refractivity contribution is 9.10. The molecular weight excluding hydrogens is 324 g/mol. The van der Waals surface area contributed by atoms with E-state index in [0.29, 0.717) is 11.2 Å². The number of para-hydroxylation sites is 2. The normalized spacial score (nSPS) is 18.9. The number of nitrogens with zero attached hydrogens (tertiary/aromatic N) is 3. The van der Waals surface area contributed by atoms with Crippen LogP contribution < -0.4 is 14.8 Å². The number of hydrogen-bond acceptors (Lipinski definition) is 5. The number of rotatable bonds is 3. The van der Waals surface area contributed by atoms with Crippen molar-refractivity contribution in [3.63, 3.8) is 0 Å². The Hall–Kier alpha value is -1.60. The van der Waals surface area contributed by atoms with Crippen molar-refractivity contribution in [3.8, 4) is 11.5 Å². The number of nitrogens with one attached hydrogen (secondary N) is 1. The molecular formula is C13H15BrN4O2. The first-order chi connectivity index (χ1) is 9.70. The number of aromatic nitrogens is 3. The number of ether oxygens (including phenoxy) is 2. The second kappa shape index (κ2) is 5.41. The fraction of sp³-hybridized carbons (Fsp3) is 0.385. The third-order valence-corrected chi connectivity index (χ3v) is 3.90. The predicted octanol–water partition coefficient (Wildman–Crippen LogP) is 1.68. The van der Waals surface area contributed by atoms with Gasteiger partial charge < -0.3 is 14.8 Å². The zero-order chi connectivity index (χ0) is 14.1. The van der Waals surface area contributed by atoms with Crippen LogP contribution >= 0.6 is 15.9 Å². The zero-order valence-electron chi connectivity index (χ0n) is 11.2. The molecule has 1 aromatic heterocycles. The molecule has 106 valence electrons. The Bertz CT molecular complexity index is 597. The van der Waals surface area contributed by atoms with E-state index < -0.39 is 0 Å². The van der Waals surface area contributed by atoms with E-state index in [2.05, 4.69) is 31.6 Å². The number of halogens is 1. The van der Waals surface area contributed by atoms with Crippen LogP contribution in [0.3, 0.4) is 0 Å². The number of fused-ring (bicyclic) bond motifs is 1. The van der Waals surface area contributed by atoms with Gasteiger partial charge in [-0.2, -0.15) is 0 Å². The van der Waals surface area contributed by atoms with E-state index >= 15 is 0 Å². The molecule has 0 radical (unpaired) electrons. The van der Waals surface area contributed by atoms with E-state index in [-0.39, 0.29) is 12.1 Å². The van der Waals surface area contributed by atoms with Gasteiger partial charge in [0.1, 0.15) is 6.61 Å². The van der Waals surface area contributed by atoms with Gasteiger partial charge in [-0.3, -0.25) is 0 Å². The van der Waals surface area contributed by atoms with Crippen LogP contribution in [0.2, 0.25) is 0 Å². The Labute approximate surface area is 125 Å². The highest BCUT2D eigenvalue weighted by Gasteiger charge is 2.32. The standard InChI is InChI=1S/C13H15BrN4O2/c1-15-11(12-13(14)16-17-18(12)2)10-7-19-8-5-3-4-6-9(8)20-10/h3-6,10-11,15H,7H2,1-2H3. The van der Waals surface area contributed by atoms with Gasteiger partial charge in [0, 0.05) is 7.05 Å². The lowest BCUT2D eigenvalue weighted by atomic mass is 10.1. The smallest absolute Gasteiger partial charge is 0.161 e. The molecule has 0 amide bonds. The fourth-order valence-corrected chi connectivity index (χ4v) is 2.94. The minimum absolute atomic E-state index is 0.0715. The summed E-state index contributed by atoms with van der Waals surface area (Å²) in [5.41, 5.74) is 0.931. The molecule has 0 fully saturated rings. The van der Waals surface area contributed by atoms with Gasteiger partial charge in [-0.25, -0.2) is 4.68 Å².